The van der Waals surface area contributed by atoms with E-state index in [9.17, 15) is 4.79 Å². The van der Waals surface area contributed by atoms with E-state index in [0.29, 0.717) is 36.3 Å². The third-order valence-corrected chi connectivity index (χ3v) is 12.7. The summed E-state index contributed by atoms with van der Waals surface area (Å²) in [5.41, 5.74) is 1.19. The maximum atomic E-state index is 13.6. The molecule has 1 aliphatic heterocycles. The van der Waals surface area contributed by atoms with Crippen molar-refractivity contribution in [1.82, 2.24) is 4.90 Å². The van der Waals surface area contributed by atoms with Crippen LogP contribution in [-0.2, 0) is 14.3 Å². The molecule has 0 N–H and O–H groups in total. The molecule has 5 fully saturated rings. The van der Waals surface area contributed by atoms with Crippen molar-refractivity contribution in [3.05, 3.63) is 29.8 Å². The van der Waals surface area contributed by atoms with E-state index in [0.717, 1.165) is 81.7 Å². The van der Waals surface area contributed by atoms with Gasteiger partial charge in [-0.3, -0.25) is 9.69 Å². The molecule has 1 spiro atoms. The lowest BCUT2D eigenvalue weighted by atomic mass is 9.49. The van der Waals surface area contributed by atoms with Gasteiger partial charge >= 0.3 is 0 Å². The van der Waals surface area contributed by atoms with Crippen molar-refractivity contribution in [3.8, 4) is 5.75 Å². The van der Waals surface area contributed by atoms with E-state index >= 15 is 0 Å². The number of Topliss-reactive ketones (excluding diaryl/α,β-unsaturated/α-hetero) is 1. The van der Waals surface area contributed by atoms with E-state index in [1.807, 2.05) is 0 Å². The van der Waals surface area contributed by atoms with E-state index in [-0.39, 0.29) is 11.2 Å². The summed E-state index contributed by atoms with van der Waals surface area (Å²) >= 11 is 0. The maximum Gasteiger partial charge on any atom is 0.168 e. The van der Waals surface area contributed by atoms with Crippen LogP contribution in [0.4, 0.5) is 0 Å². The number of nitrogens with zero attached hydrogens (tertiary/aromatic N) is 1. The Hall–Kier alpha value is -1.43. The zero-order valence-electron chi connectivity index (χ0n) is 26.2. The topological polar surface area (TPSA) is 48.0 Å². The Morgan fingerprint density at radius 3 is 2.49 bits per heavy atom. The van der Waals surface area contributed by atoms with Crippen molar-refractivity contribution in [1.29, 1.82) is 0 Å². The van der Waals surface area contributed by atoms with Crippen molar-refractivity contribution >= 4 is 5.78 Å². The van der Waals surface area contributed by atoms with Crippen LogP contribution in [0.15, 0.2) is 24.3 Å². The zero-order valence-corrected chi connectivity index (χ0v) is 26.2. The molecule has 1 aromatic carbocycles. The summed E-state index contributed by atoms with van der Waals surface area (Å²) in [6.07, 6.45) is 14.4. The minimum Gasteiger partial charge on any atom is -0.494 e. The van der Waals surface area contributed by atoms with Gasteiger partial charge in [-0.05, 0) is 119 Å². The first-order valence-electron chi connectivity index (χ1n) is 17.2. The fourth-order valence-corrected chi connectivity index (χ4v) is 10.7. The molecule has 0 radical (unpaired) electrons. The number of benzene rings is 1. The van der Waals surface area contributed by atoms with Crippen LogP contribution < -0.4 is 4.74 Å². The molecular formula is C36H55NO4. The lowest BCUT2D eigenvalue weighted by Gasteiger charge is -2.56. The Kier molecular flexibility index (Phi) is 8.88. The van der Waals surface area contributed by atoms with E-state index in [2.05, 4.69) is 57.0 Å². The number of rotatable bonds is 10. The van der Waals surface area contributed by atoms with Crippen LogP contribution in [0.1, 0.15) is 116 Å². The highest BCUT2D eigenvalue weighted by Gasteiger charge is 2.60. The molecule has 4 aliphatic carbocycles. The van der Waals surface area contributed by atoms with Crippen LogP contribution in [0.2, 0.25) is 0 Å². The van der Waals surface area contributed by atoms with E-state index < -0.39 is 0 Å². The monoisotopic (exact) mass is 565 g/mol. The second-order valence-electron chi connectivity index (χ2n) is 14.2. The van der Waals surface area contributed by atoms with Gasteiger partial charge in [-0.1, -0.05) is 32.9 Å². The second-order valence-corrected chi connectivity index (χ2v) is 14.2. The van der Waals surface area contributed by atoms with Crippen molar-refractivity contribution in [2.24, 2.45) is 35.0 Å². The Bertz CT molecular complexity index is 1050. The van der Waals surface area contributed by atoms with Crippen molar-refractivity contribution in [2.45, 2.75) is 122 Å². The third-order valence-electron chi connectivity index (χ3n) is 12.7. The van der Waals surface area contributed by atoms with Gasteiger partial charge < -0.3 is 14.2 Å². The van der Waals surface area contributed by atoms with E-state index in [1.54, 1.807) is 0 Å². The van der Waals surface area contributed by atoms with Gasteiger partial charge in [0.05, 0.1) is 19.8 Å². The largest absolute Gasteiger partial charge is 0.494 e. The predicted molar refractivity (Wildman–Crippen MR) is 163 cm³/mol. The van der Waals surface area contributed by atoms with Crippen LogP contribution in [0.5, 0.6) is 5.75 Å². The molecule has 5 aliphatic rings. The first-order valence-corrected chi connectivity index (χ1v) is 17.2. The molecule has 6 rings (SSSR count). The molecule has 0 bridgehead atoms. The quantitative estimate of drug-likeness (QED) is 0.288. The Balaban J connectivity index is 1.10. The van der Waals surface area contributed by atoms with Crippen molar-refractivity contribution in [2.75, 3.05) is 26.9 Å². The number of carbonyl (C=O) groups excluding carboxylic acids is 1. The summed E-state index contributed by atoms with van der Waals surface area (Å²) in [6.45, 7) is 9.03. The van der Waals surface area contributed by atoms with Gasteiger partial charge in [0.15, 0.2) is 5.79 Å². The fraction of sp³-hybridized carbons (Fsp3) is 0.806. The lowest BCUT2D eigenvalue weighted by Crippen LogP contribution is -2.52. The molecule has 1 heterocycles. The molecule has 6 unspecified atom stereocenters. The van der Waals surface area contributed by atoms with Crippen molar-refractivity contribution < 1.29 is 19.0 Å². The number of ether oxygens (including phenoxy) is 3. The molecule has 1 saturated heterocycles. The van der Waals surface area contributed by atoms with Gasteiger partial charge in [0.25, 0.3) is 0 Å². The first kappa shape index (κ1) is 29.6. The summed E-state index contributed by atoms with van der Waals surface area (Å²) in [5.74, 6) is 4.80. The second kappa shape index (κ2) is 12.3. The zero-order chi connectivity index (χ0) is 28.6. The van der Waals surface area contributed by atoms with Gasteiger partial charge in [-0.25, -0.2) is 0 Å². The predicted octanol–water partition coefficient (Wildman–Crippen LogP) is 7.97. The highest BCUT2D eigenvalue weighted by molar-refractivity contribution is 5.87. The summed E-state index contributed by atoms with van der Waals surface area (Å²) in [6, 6.07) is 9.75. The van der Waals surface area contributed by atoms with Crippen molar-refractivity contribution in [3.63, 3.8) is 0 Å². The average Bonchev–Trinajstić information content (AvgIpc) is 3.58. The Morgan fingerprint density at radius 1 is 0.951 bits per heavy atom. The summed E-state index contributed by atoms with van der Waals surface area (Å²) in [7, 11) is 2.27. The number of fused-ring (bicyclic) bond motifs is 5. The number of ketones is 1. The highest BCUT2D eigenvalue weighted by atomic mass is 16.7. The van der Waals surface area contributed by atoms with Gasteiger partial charge in [0, 0.05) is 36.8 Å². The fourth-order valence-electron chi connectivity index (χ4n) is 10.7. The molecule has 41 heavy (non-hydrogen) atoms. The number of hydrogen-bond donors (Lipinski definition) is 0. The van der Waals surface area contributed by atoms with Gasteiger partial charge in [-0.15, -0.1) is 0 Å². The third kappa shape index (κ3) is 5.42. The molecule has 4 saturated carbocycles. The molecule has 0 aromatic heterocycles. The molecular weight excluding hydrogens is 510 g/mol. The summed E-state index contributed by atoms with van der Waals surface area (Å²) in [5, 5.41) is 0. The molecule has 5 nitrogen and oxygen atoms in total. The summed E-state index contributed by atoms with van der Waals surface area (Å²) in [4.78, 5) is 16.1. The minimum absolute atomic E-state index is 0.152. The molecule has 0 amide bonds. The Labute approximate surface area is 249 Å². The average molecular weight is 566 g/mol. The minimum atomic E-state index is -0.273. The number of hydrogen-bond acceptors (Lipinski definition) is 5. The SMILES string of the molecule is CCC(CC)N(C)C(CC)c1cccc(OCC[C@]23CCC4C5CCC6(CC5CCC4C2CCC3=O)OCCO6)c1. The van der Waals surface area contributed by atoms with Gasteiger partial charge in [-0.2, -0.15) is 0 Å². The van der Waals surface area contributed by atoms with Crippen LogP contribution in [-0.4, -0.2) is 49.4 Å². The lowest BCUT2D eigenvalue weighted by molar-refractivity contribution is -0.209. The first-order chi connectivity index (χ1) is 19.9. The normalized spacial score (nSPS) is 35.0. The van der Waals surface area contributed by atoms with Gasteiger partial charge in [0.2, 0.25) is 0 Å². The molecule has 228 valence electrons. The molecule has 5 heteroatoms. The smallest absolute Gasteiger partial charge is 0.168 e. The van der Waals surface area contributed by atoms with E-state index in [1.165, 1.54) is 44.1 Å². The number of carbonyl (C=O) groups is 1. The van der Waals surface area contributed by atoms with Crippen LogP contribution in [0.25, 0.3) is 0 Å². The van der Waals surface area contributed by atoms with Crippen LogP contribution in [0, 0.1) is 35.0 Å². The van der Waals surface area contributed by atoms with Crippen LogP contribution in [0.3, 0.4) is 0 Å². The van der Waals surface area contributed by atoms with E-state index in [4.69, 9.17) is 14.2 Å². The molecule has 1 aromatic rings. The maximum absolute atomic E-state index is 13.6. The molecule has 7 atom stereocenters. The Morgan fingerprint density at radius 2 is 1.73 bits per heavy atom. The summed E-state index contributed by atoms with van der Waals surface area (Å²) < 4.78 is 18.7. The van der Waals surface area contributed by atoms with Gasteiger partial charge in [0.1, 0.15) is 11.5 Å². The van der Waals surface area contributed by atoms with Crippen LogP contribution >= 0.6 is 0 Å². The standard InChI is InChI=1S/C36H55NO4/c1-5-27(6-2)37(4)33(7-3)25-9-8-10-28(23-25)39-20-19-35-17-15-30-29-16-18-36(40-21-22-41-36)24-26(29)11-12-31(30)32(35)13-14-34(35)38/h8-10,23,26-27,29-33H,5-7,11-22,24H2,1-4H3/t26?,29?,30?,31?,32?,33?,35-/m1/s1. The highest BCUT2D eigenvalue weighted by Crippen LogP contribution is 2.63.